The van der Waals surface area contributed by atoms with E-state index in [0.29, 0.717) is 22.9 Å². The standard InChI is InChI=1S/C23H24FN7/c1-14-16-12-27-22(21-25-7-3-8-26-21)30-17(16)4-9-31(14)19-11-15(24)10-18(29-19)20-23(13-28-20)5-2-6-23/h3,7-8,10-12,14,20,28H,2,4-6,9,13H2,1H3/t14-,20?/m1/s1. The van der Waals surface area contributed by atoms with Crippen molar-refractivity contribution in [1.82, 2.24) is 30.2 Å². The van der Waals surface area contributed by atoms with Gasteiger partial charge in [0, 0.05) is 55.1 Å². The number of fused-ring (bicyclic) bond motifs is 1. The van der Waals surface area contributed by atoms with Gasteiger partial charge in [0.25, 0.3) is 0 Å². The molecule has 0 bridgehead atoms. The molecule has 0 amide bonds. The molecule has 5 heterocycles. The second-order valence-corrected chi connectivity index (χ2v) is 8.89. The molecule has 3 aliphatic rings. The molecule has 31 heavy (non-hydrogen) atoms. The van der Waals surface area contributed by atoms with Gasteiger partial charge in [-0.25, -0.2) is 29.3 Å². The van der Waals surface area contributed by atoms with Gasteiger partial charge in [-0.3, -0.25) is 0 Å². The Balaban J connectivity index is 1.30. The van der Waals surface area contributed by atoms with Crippen LogP contribution in [0.4, 0.5) is 10.2 Å². The number of hydrogen-bond acceptors (Lipinski definition) is 7. The predicted octanol–water partition coefficient (Wildman–Crippen LogP) is 3.41. The van der Waals surface area contributed by atoms with Crippen LogP contribution in [0.5, 0.6) is 0 Å². The molecule has 1 aliphatic carbocycles. The molecule has 1 unspecified atom stereocenters. The fourth-order valence-corrected chi connectivity index (χ4v) is 5.20. The van der Waals surface area contributed by atoms with Crippen LogP contribution in [0.25, 0.3) is 11.6 Å². The molecule has 1 saturated carbocycles. The lowest BCUT2D eigenvalue weighted by molar-refractivity contribution is -0.00784. The van der Waals surface area contributed by atoms with Crippen LogP contribution in [0.2, 0.25) is 0 Å². The van der Waals surface area contributed by atoms with E-state index >= 15 is 0 Å². The quantitative estimate of drug-likeness (QED) is 0.700. The Labute approximate surface area is 180 Å². The summed E-state index contributed by atoms with van der Waals surface area (Å²) in [6, 6.07) is 5.08. The van der Waals surface area contributed by atoms with Crippen LogP contribution in [0, 0.1) is 11.2 Å². The monoisotopic (exact) mass is 417 g/mol. The smallest absolute Gasteiger partial charge is 0.197 e. The van der Waals surface area contributed by atoms with E-state index in [1.165, 1.54) is 19.3 Å². The second-order valence-electron chi connectivity index (χ2n) is 8.89. The molecule has 1 saturated heterocycles. The van der Waals surface area contributed by atoms with Crippen LogP contribution in [0.15, 0.2) is 36.8 Å². The number of nitrogens with zero attached hydrogens (tertiary/aromatic N) is 6. The normalized spacial score (nSPS) is 23.7. The highest BCUT2D eigenvalue weighted by Gasteiger charge is 2.52. The molecule has 8 heteroatoms. The van der Waals surface area contributed by atoms with Crippen LogP contribution in [-0.4, -0.2) is 38.0 Å². The summed E-state index contributed by atoms with van der Waals surface area (Å²) in [7, 11) is 0. The van der Waals surface area contributed by atoms with E-state index in [0.717, 1.165) is 36.5 Å². The van der Waals surface area contributed by atoms with Gasteiger partial charge in [-0.1, -0.05) is 6.42 Å². The SMILES string of the molecule is C[C@@H]1c2cnc(-c3ncccn3)nc2CCN1c1cc(F)cc(C2NCC23CCC3)n1. The van der Waals surface area contributed by atoms with Crippen molar-refractivity contribution in [3.8, 4) is 11.6 Å². The molecule has 2 fully saturated rings. The second kappa shape index (κ2) is 7.02. The van der Waals surface area contributed by atoms with Gasteiger partial charge in [0.05, 0.1) is 23.5 Å². The van der Waals surface area contributed by atoms with E-state index in [2.05, 4.69) is 32.1 Å². The maximum atomic E-state index is 14.6. The molecule has 2 atom stereocenters. The van der Waals surface area contributed by atoms with Crippen LogP contribution >= 0.6 is 0 Å². The molecule has 3 aromatic rings. The highest BCUT2D eigenvalue weighted by Crippen LogP contribution is 2.55. The van der Waals surface area contributed by atoms with E-state index in [9.17, 15) is 4.39 Å². The lowest BCUT2D eigenvalue weighted by Crippen LogP contribution is -2.59. The number of nitrogens with one attached hydrogen (secondary N) is 1. The van der Waals surface area contributed by atoms with Crippen LogP contribution in [0.3, 0.4) is 0 Å². The molecule has 2 aliphatic heterocycles. The van der Waals surface area contributed by atoms with Crippen molar-refractivity contribution >= 4 is 5.82 Å². The molecule has 158 valence electrons. The van der Waals surface area contributed by atoms with Crippen LogP contribution in [-0.2, 0) is 6.42 Å². The third-order valence-corrected chi connectivity index (χ3v) is 7.18. The fourth-order valence-electron chi connectivity index (χ4n) is 5.20. The minimum Gasteiger partial charge on any atom is -0.349 e. The van der Waals surface area contributed by atoms with Crippen LogP contribution in [0.1, 0.15) is 55.2 Å². The Morgan fingerprint density at radius 2 is 1.94 bits per heavy atom. The fraction of sp³-hybridized carbons (Fsp3) is 0.435. The van der Waals surface area contributed by atoms with Crippen molar-refractivity contribution in [3.05, 3.63) is 59.6 Å². The van der Waals surface area contributed by atoms with Crippen molar-refractivity contribution in [1.29, 1.82) is 0 Å². The van der Waals surface area contributed by atoms with Crippen molar-refractivity contribution in [2.75, 3.05) is 18.0 Å². The lowest BCUT2D eigenvalue weighted by Gasteiger charge is -2.56. The number of hydrogen-bond donors (Lipinski definition) is 1. The van der Waals surface area contributed by atoms with Crippen molar-refractivity contribution in [2.24, 2.45) is 5.41 Å². The molecule has 1 spiro atoms. The van der Waals surface area contributed by atoms with E-state index in [1.54, 1.807) is 30.6 Å². The maximum absolute atomic E-state index is 14.6. The number of rotatable bonds is 3. The first kappa shape index (κ1) is 18.7. The molecule has 0 radical (unpaired) electrons. The number of halogens is 1. The summed E-state index contributed by atoms with van der Waals surface area (Å²) in [6.45, 7) is 3.84. The Morgan fingerprint density at radius 1 is 1.10 bits per heavy atom. The highest BCUT2D eigenvalue weighted by atomic mass is 19.1. The summed E-state index contributed by atoms with van der Waals surface area (Å²) < 4.78 is 14.6. The minimum absolute atomic E-state index is 0.00338. The van der Waals surface area contributed by atoms with Gasteiger partial charge in [-0.2, -0.15) is 0 Å². The Hall–Kier alpha value is -3.00. The van der Waals surface area contributed by atoms with Gasteiger partial charge in [0.1, 0.15) is 11.6 Å². The zero-order valence-corrected chi connectivity index (χ0v) is 17.4. The minimum atomic E-state index is -0.228. The van der Waals surface area contributed by atoms with Gasteiger partial charge in [-0.05, 0) is 31.9 Å². The first-order valence-electron chi connectivity index (χ1n) is 10.9. The summed E-state index contributed by atoms with van der Waals surface area (Å²) in [5.74, 6) is 1.52. The first-order valence-corrected chi connectivity index (χ1v) is 10.9. The third kappa shape index (κ3) is 3.00. The molecular formula is C23H24FN7. The van der Waals surface area contributed by atoms with Gasteiger partial charge in [0.15, 0.2) is 11.6 Å². The average Bonchev–Trinajstić information content (AvgIpc) is 2.72. The first-order chi connectivity index (χ1) is 15.1. The van der Waals surface area contributed by atoms with E-state index in [-0.39, 0.29) is 17.9 Å². The third-order valence-electron chi connectivity index (χ3n) is 7.18. The maximum Gasteiger partial charge on any atom is 0.197 e. The summed E-state index contributed by atoms with van der Waals surface area (Å²) in [5.41, 5.74) is 3.15. The molecular weight excluding hydrogens is 393 g/mol. The predicted molar refractivity (Wildman–Crippen MR) is 114 cm³/mol. The molecule has 3 aromatic heterocycles. The van der Waals surface area contributed by atoms with Crippen LogP contribution < -0.4 is 10.2 Å². The summed E-state index contributed by atoms with van der Waals surface area (Å²) in [6.07, 6.45) is 9.63. The van der Waals surface area contributed by atoms with Crippen molar-refractivity contribution in [3.63, 3.8) is 0 Å². The summed E-state index contributed by atoms with van der Waals surface area (Å²) in [5, 5.41) is 3.48. The topological polar surface area (TPSA) is 79.7 Å². The molecule has 0 aromatic carbocycles. The van der Waals surface area contributed by atoms with Crippen molar-refractivity contribution < 1.29 is 4.39 Å². The largest absolute Gasteiger partial charge is 0.349 e. The van der Waals surface area contributed by atoms with E-state index < -0.39 is 0 Å². The lowest BCUT2D eigenvalue weighted by atomic mass is 9.58. The summed E-state index contributed by atoms with van der Waals surface area (Å²) in [4.78, 5) is 24.8. The molecule has 1 N–H and O–H groups in total. The molecule has 6 rings (SSSR count). The summed E-state index contributed by atoms with van der Waals surface area (Å²) >= 11 is 0. The Bertz CT molecular complexity index is 1130. The Kier molecular flexibility index (Phi) is 4.24. The van der Waals surface area contributed by atoms with Gasteiger partial charge in [0.2, 0.25) is 0 Å². The zero-order valence-electron chi connectivity index (χ0n) is 17.4. The van der Waals surface area contributed by atoms with E-state index in [1.807, 2.05) is 6.20 Å². The van der Waals surface area contributed by atoms with Crippen molar-refractivity contribution in [2.45, 2.75) is 44.7 Å². The number of pyridine rings is 1. The number of aromatic nitrogens is 5. The average molecular weight is 417 g/mol. The molecule has 7 nitrogen and oxygen atoms in total. The Morgan fingerprint density at radius 3 is 2.65 bits per heavy atom. The van der Waals surface area contributed by atoms with Gasteiger partial charge >= 0.3 is 0 Å². The number of anilines is 1. The van der Waals surface area contributed by atoms with Gasteiger partial charge < -0.3 is 10.2 Å². The van der Waals surface area contributed by atoms with E-state index in [4.69, 9.17) is 9.97 Å². The zero-order chi connectivity index (χ0) is 21.0. The highest BCUT2D eigenvalue weighted by molar-refractivity contribution is 5.49. The van der Waals surface area contributed by atoms with Gasteiger partial charge in [-0.15, -0.1) is 0 Å².